The van der Waals surface area contributed by atoms with Crippen molar-refractivity contribution in [2.75, 3.05) is 0 Å². The molecule has 4 aromatic rings. The van der Waals surface area contributed by atoms with Crippen LogP contribution in [0.1, 0.15) is 5.56 Å². The summed E-state index contributed by atoms with van der Waals surface area (Å²) in [6, 6.07) is 11.7. The Morgan fingerprint density at radius 1 is 1.22 bits per heavy atom. The van der Waals surface area contributed by atoms with Gasteiger partial charge < -0.3 is 4.98 Å². The topological polar surface area (TPSA) is 58.6 Å². The summed E-state index contributed by atoms with van der Waals surface area (Å²) in [5, 5.41) is 4.61. The van der Waals surface area contributed by atoms with Crippen LogP contribution in [0.25, 0.3) is 21.1 Å². The minimum absolute atomic E-state index is 0.110. The van der Waals surface area contributed by atoms with Gasteiger partial charge in [0.15, 0.2) is 5.16 Å². The average molecular weight is 360 g/mol. The maximum absolute atomic E-state index is 12.0. The first-order valence-electron chi connectivity index (χ1n) is 6.85. The summed E-state index contributed by atoms with van der Waals surface area (Å²) >= 11 is 9.17. The maximum atomic E-state index is 12.0. The Morgan fingerprint density at radius 2 is 2.09 bits per heavy atom. The molecule has 23 heavy (non-hydrogen) atoms. The molecule has 0 saturated carbocycles. The summed E-state index contributed by atoms with van der Waals surface area (Å²) in [5.74, 6) is 0.594. The van der Waals surface area contributed by atoms with E-state index in [9.17, 15) is 4.79 Å². The quantitative estimate of drug-likeness (QED) is 0.333. The molecule has 0 fully saturated rings. The molecule has 1 N–H and O–H groups in total. The summed E-state index contributed by atoms with van der Waals surface area (Å²) < 4.78 is 0. The molecule has 0 amide bonds. The highest BCUT2D eigenvalue weighted by molar-refractivity contribution is 7.98. The molecule has 0 bridgehead atoms. The van der Waals surface area contributed by atoms with Crippen LogP contribution in [0.2, 0.25) is 5.15 Å². The van der Waals surface area contributed by atoms with Gasteiger partial charge in [-0.05, 0) is 23.6 Å². The monoisotopic (exact) mass is 359 g/mol. The van der Waals surface area contributed by atoms with Gasteiger partial charge in [0, 0.05) is 16.7 Å². The first-order valence-corrected chi connectivity index (χ1v) is 9.09. The Labute approximate surface area is 144 Å². The Balaban J connectivity index is 1.65. The second-order valence-electron chi connectivity index (χ2n) is 4.93. The van der Waals surface area contributed by atoms with Gasteiger partial charge in [-0.2, -0.15) is 0 Å². The van der Waals surface area contributed by atoms with Crippen molar-refractivity contribution in [2.24, 2.45) is 0 Å². The summed E-state index contributed by atoms with van der Waals surface area (Å²) in [6.45, 7) is 0. The SMILES string of the molecule is O=c1[nH]c(SCc2cc3ccccc3nc2Cl)nc2sccc12. The highest BCUT2D eigenvalue weighted by atomic mass is 35.5. The van der Waals surface area contributed by atoms with E-state index in [1.807, 2.05) is 35.7 Å². The normalized spacial score (nSPS) is 11.3. The van der Waals surface area contributed by atoms with Crippen LogP contribution < -0.4 is 5.56 Å². The number of H-pyrrole nitrogens is 1. The average Bonchev–Trinajstić information content (AvgIpc) is 3.02. The molecule has 4 nitrogen and oxygen atoms in total. The van der Waals surface area contributed by atoms with Gasteiger partial charge in [-0.25, -0.2) is 9.97 Å². The third-order valence-electron chi connectivity index (χ3n) is 3.43. The Kier molecular flexibility index (Phi) is 3.80. The second-order valence-corrected chi connectivity index (χ2v) is 7.15. The fraction of sp³-hybridized carbons (Fsp3) is 0.0625. The zero-order valence-electron chi connectivity index (χ0n) is 11.7. The van der Waals surface area contributed by atoms with E-state index in [2.05, 4.69) is 15.0 Å². The summed E-state index contributed by atoms with van der Waals surface area (Å²) in [7, 11) is 0. The molecule has 7 heteroatoms. The van der Waals surface area contributed by atoms with Crippen LogP contribution in [-0.4, -0.2) is 15.0 Å². The molecule has 0 atom stereocenters. The van der Waals surface area contributed by atoms with Crippen molar-refractivity contribution < 1.29 is 0 Å². The molecule has 0 aliphatic carbocycles. The first-order chi connectivity index (χ1) is 11.2. The lowest BCUT2D eigenvalue weighted by molar-refractivity contribution is 0.979. The number of hydrogen-bond donors (Lipinski definition) is 1. The molecule has 114 valence electrons. The largest absolute Gasteiger partial charge is 0.301 e. The molecule has 0 aliphatic heterocycles. The molecule has 0 aliphatic rings. The number of thiophene rings is 1. The van der Waals surface area contributed by atoms with E-state index in [1.54, 1.807) is 6.07 Å². The van der Waals surface area contributed by atoms with Crippen molar-refractivity contribution in [2.45, 2.75) is 10.9 Å². The van der Waals surface area contributed by atoms with Gasteiger partial charge in [0.05, 0.1) is 10.9 Å². The first kappa shape index (κ1) is 14.7. The van der Waals surface area contributed by atoms with E-state index in [4.69, 9.17) is 11.6 Å². The second kappa shape index (κ2) is 5.96. The molecule has 0 radical (unpaired) electrons. The zero-order valence-corrected chi connectivity index (χ0v) is 14.1. The third-order valence-corrected chi connectivity index (χ3v) is 5.48. The fourth-order valence-electron chi connectivity index (χ4n) is 2.30. The summed E-state index contributed by atoms with van der Waals surface area (Å²) in [6.07, 6.45) is 0. The molecule has 0 saturated heterocycles. The number of nitrogens with zero attached hydrogens (tertiary/aromatic N) is 2. The van der Waals surface area contributed by atoms with E-state index in [0.29, 0.717) is 21.4 Å². The third kappa shape index (κ3) is 2.85. The number of pyridine rings is 1. The van der Waals surface area contributed by atoms with Gasteiger partial charge in [0.25, 0.3) is 5.56 Å². The Hall–Kier alpha value is -1.89. The number of nitrogens with one attached hydrogen (secondary N) is 1. The number of rotatable bonds is 3. The van der Waals surface area contributed by atoms with Gasteiger partial charge in [-0.15, -0.1) is 11.3 Å². The van der Waals surface area contributed by atoms with E-state index >= 15 is 0 Å². The number of halogens is 1. The maximum Gasteiger partial charge on any atom is 0.260 e. The number of benzene rings is 1. The van der Waals surface area contributed by atoms with Crippen molar-refractivity contribution in [3.8, 4) is 0 Å². The predicted octanol–water partition coefficient (Wildman–Crippen LogP) is 4.48. The van der Waals surface area contributed by atoms with Crippen LogP contribution >= 0.6 is 34.7 Å². The minimum atomic E-state index is -0.110. The minimum Gasteiger partial charge on any atom is -0.301 e. The lowest BCUT2D eigenvalue weighted by Gasteiger charge is -2.06. The zero-order chi connectivity index (χ0) is 15.8. The molecule has 3 aromatic heterocycles. The number of aromatic amines is 1. The molecular weight excluding hydrogens is 350 g/mol. The molecule has 3 heterocycles. The standard InChI is InChI=1S/C16H10ClN3OS2/c17-13-10(7-9-3-1-2-4-12(9)18-13)8-23-16-19-14(21)11-5-6-22-15(11)20-16/h1-7H,8H2,(H,19,20,21). The highest BCUT2D eigenvalue weighted by Gasteiger charge is 2.09. The van der Waals surface area contributed by atoms with Crippen molar-refractivity contribution in [1.82, 2.24) is 15.0 Å². The fourth-order valence-corrected chi connectivity index (χ4v) is 4.24. The Morgan fingerprint density at radius 3 is 3.00 bits per heavy atom. The van der Waals surface area contributed by atoms with E-state index in [1.165, 1.54) is 23.1 Å². The van der Waals surface area contributed by atoms with E-state index in [-0.39, 0.29) is 5.56 Å². The van der Waals surface area contributed by atoms with Crippen molar-refractivity contribution in [3.63, 3.8) is 0 Å². The van der Waals surface area contributed by atoms with Gasteiger partial charge >= 0.3 is 0 Å². The Bertz CT molecular complexity index is 1070. The van der Waals surface area contributed by atoms with Crippen LogP contribution in [-0.2, 0) is 5.75 Å². The summed E-state index contributed by atoms with van der Waals surface area (Å²) in [4.78, 5) is 24.4. The van der Waals surface area contributed by atoms with Crippen molar-refractivity contribution in [3.05, 3.63) is 62.8 Å². The van der Waals surface area contributed by atoms with E-state index < -0.39 is 0 Å². The van der Waals surface area contributed by atoms with Crippen molar-refractivity contribution in [1.29, 1.82) is 0 Å². The smallest absolute Gasteiger partial charge is 0.260 e. The molecule has 1 aromatic carbocycles. The van der Waals surface area contributed by atoms with Crippen LogP contribution in [0.15, 0.2) is 51.7 Å². The predicted molar refractivity (Wildman–Crippen MR) is 96.6 cm³/mol. The van der Waals surface area contributed by atoms with Crippen LogP contribution in [0.3, 0.4) is 0 Å². The van der Waals surface area contributed by atoms with Gasteiger partial charge in [0.2, 0.25) is 0 Å². The highest BCUT2D eigenvalue weighted by Crippen LogP contribution is 2.27. The lowest BCUT2D eigenvalue weighted by Crippen LogP contribution is -2.07. The molecular formula is C16H10ClN3OS2. The molecule has 4 rings (SSSR count). The van der Waals surface area contributed by atoms with E-state index in [0.717, 1.165) is 21.3 Å². The van der Waals surface area contributed by atoms with Crippen LogP contribution in [0.5, 0.6) is 0 Å². The number of hydrogen-bond acceptors (Lipinski definition) is 5. The van der Waals surface area contributed by atoms with Gasteiger partial charge in [0.1, 0.15) is 9.98 Å². The number of aromatic nitrogens is 3. The van der Waals surface area contributed by atoms with Crippen LogP contribution in [0.4, 0.5) is 0 Å². The van der Waals surface area contributed by atoms with Gasteiger partial charge in [-0.1, -0.05) is 41.6 Å². The summed E-state index contributed by atoms with van der Waals surface area (Å²) in [5.41, 5.74) is 1.68. The van der Waals surface area contributed by atoms with Crippen molar-refractivity contribution >= 4 is 55.8 Å². The van der Waals surface area contributed by atoms with Crippen LogP contribution in [0, 0.1) is 0 Å². The lowest BCUT2D eigenvalue weighted by atomic mass is 10.2. The molecule has 0 spiro atoms. The van der Waals surface area contributed by atoms with Gasteiger partial charge in [-0.3, -0.25) is 4.79 Å². The number of para-hydroxylation sites is 1. The number of thioether (sulfide) groups is 1. The number of fused-ring (bicyclic) bond motifs is 2. The molecule has 0 unspecified atom stereocenters.